The Hall–Kier alpha value is -2.36. The summed E-state index contributed by atoms with van der Waals surface area (Å²) in [6, 6.07) is 14.6. The molecule has 0 atom stereocenters. The van der Waals surface area contributed by atoms with E-state index in [9.17, 15) is 5.21 Å². The van der Waals surface area contributed by atoms with Crippen molar-refractivity contribution >= 4 is 11.4 Å². The van der Waals surface area contributed by atoms with E-state index in [1.165, 1.54) is 18.4 Å². The Morgan fingerprint density at radius 2 is 1.71 bits per heavy atom. The van der Waals surface area contributed by atoms with E-state index in [0.29, 0.717) is 22.0 Å². The number of azo groups is 1. The van der Waals surface area contributed by atoms with Crippen molar-refractivity contribution in [2.45, 2.75) is 26.2 Å². The quantitative estimate of drug-likeness (QED) is 0.427. The molecule has 2 aromatic carbocycles. The third-order valence-electron chi connectivity index (χ3n) is 3.25. The lowest BCUT2D eigenvalue weighted by Crippen LogP contribution is -1.91. The van der Waals surface area contributed by atoms with E-state index in [1.54, 1.807) is 31.4 Å². The molecule has 0 aliphatic carbocycles. The SMILES string of the molecule is CCCCc1ccc(N=[N+]([O-])c2ccc(OC)cc2)cc1. The van der Waals surface area contributed by atoms with Crippen LogP contribution in [0.25, 0.3) is 0 Å². The van der Waals surface area contributed by atoms with Crippen LogP contribution in [0, 0.1) is 5.21 Å². The lowest BCUT2D eigenvalue weighted by atomic mass is 10.1. The number of aryl methyl sites for hydroxylation is 1. The van der Waals surface area contributed by atoms with E-state index < -0.39 is 0 Å². The number of methoxy groups -OCH3 is 1. The second-order valence-electron chi connectivity index (χ2n) is 4.84. The second-order valence-corrected chi connectivity index (χ2v) is 4.84. The predicted octanol–water partition coefficient (Wildman–Crippen LogP) is 4.96. The molecule has 0 aromatic heterocycles. The van der Waals surface area contributed by atoms with Crippen molar-refractivity contribution in [2.75, 3.05) is 7.11 Å². The molecule has 0 heterocycles. The fourth-order valence-corrected chi connectivity index (χ4v) is 1.98. The van der Waals surface area contributed by atoms with Crippen molar-refractivity contribution in [2.24, 2.45) is 5.11 Å². The first-order chi connectivity index (χ1) is 10.2. The smallest absolute Gasteiger partial charge is 0.245 e. The predicted molar refractivity (Wildman–Crippen MR) is 83.4 cm³/mol. The zero-order chi connectivity index (χ0) is 15.1. The molecule has 0 unspecified atom stereocenters. The van der Waals surface area contributed by atoms with Crippen LogP contribution in [-0.4, -0.2) is 12.0 Å². The minimum Gasteiger partial charge on any atom is -0.594 e. The molecular formula is C17H20N2O2. The number of rotatable bonds is 6. The van der Waals surface area contributed by atoms with Crippen LogP contribution in [0.15, 0.2) is 53.6 Å². The highest BCUT2D eigenvalue weighted by Crippen LogP contribution is 2.21. The van der Waals surface area contributed by atoms with E-state index in [0.717, 1.165) is 6.42 Å². The summed E-state index contributed by atoms with van der Waals surface area (Å²) >= 11 is 0. The standard InChI is InChI=1S/C17H20N2O2/c1-3-4-5-14-6-8-15(9-7-14)18-19(20)16-10-12-17(21-2)13-11-16/h6-13H,3-5H2,1-2H3. The Balaban J connectivity index is 2.10. The van der Waals surface area contributed by atoms with Crippen molar-refractivity contribution in [1.82, 2.24) is 0 Å². The summed E-state index contributed by atoms with van der Waals surface area (Å²) in [5.74, 6) is 0.715. The van der Waals surface area contributed by atoms with Crippen molar-refractivity contribution in [3.8, 4) is 5.75 Å². The summed E-state index contributed by atoms with van der Waals surface area (Å²) in [4.78, 5) is 0.625. The minimum atomic E-state index is 0.478. The Labute approximate surface area is 125 Å². The van der Waals surface area contributed by atoms with Gasteiger partial charge in [-0.05, 0) is 42.7 Å². The first-order valence-electron chi connectivity index (χ1n) is 7.15. The fraction of sp³-hybridized carbons (Fsp3) is 0.294. The monoisotopic (exact) mass is 284 g/mol. The zero-order valence-electron chi connectivity index (χ0n) is 12.5. The lowest BCUT2D eigenvalue weighted by molar-refractivity contribution is -0.435. The topological polar surface area (TPSA) is 47.7 Å². The summed E-state index contributed by atoms with van der Waals surface area (Å²) in [6.07, 6.45) is 3.42. The molecule has 0 aliphatic heterocycles. The van der Waals surface area contributed by atoms with Crippen LogP contribution in [0.3, 0.4) is 0 Å². The van der Waals surface area contributed by atoms with E-state index in [4.69, 9.17) is 4.74 Å². The molecule has 2 aromatic rings. The maximum atomic E-state index is 12.0. The summed E-state index contributed by atoms with van der Waals surface area (Å²) in [6.45, 7) is 2.17. The van der Waals surface area contributed by atoms with Gasteiger partial charge in [-0.15, -0.1) is 0 Å². The Morgan fingerprint density at radius 1 is 1.05 bits per heavy atom. The van der Waals surface area contributed by atoms with E-state index in [1.807, 2.05) is 24.3 Å². The molecule has 4 heteroatoms. The number of hydrogen-bond donors (Lipinski definition) is 0. The average Bonchev–Trinajstić information content (AvgIpc) is 2.54. The Morgan fingerprint density at radius 3 is 2.29 bits per heavy atom. The molecule has 0 radical (unpaired) electrons. The van der Waals surface area contributed by atoms with Crippen LogP contribution in [0.2, 0.25) is 0 Å². The zero-order valence-corrected chi connectivity index (χ0v) is 12.5. The number of unbranched alkanes of at least 4 members (excludes halogenated alkanes) is 1. The van der Waals surface area contributed by atoms with Gasteiger partial charge in [0.05, 0.1) is 7.11 Å². The van der Waals surface area contributed by atoms with Gasteiger partial charge in [0.15, 0.2) is 0 Å². The van der Waals surface area contributed by atoms with Crippen molar-refractivity contribution in [3.05, 3.63) is 59.3 Å². The van der Waals surface area contributed by atoms with Gasteiger partial charge in [-0.25, -0.2) is 0 Å². The van der Waals surface area contributed by atoms with Crippen LogP contribution < -0.4 is 4.74 Å². The van der Waals surface area contributed by atoms with Crippen molar-refractivity contribution in [1.29, 1.82) is 0 Å². The summed E-state index contributed by atoms with van der Waals surface area (Å²) < 4.78 is 5.06. The van der Waals surface area contributed by atoms with E-state index in [2.05, 4.69) is 12.0 Å². The number of hydrogen-bond acceptors (Lipinski definition) is 3. The van der Waals surface area contributed by atoms with Gasteiger partial charge in [0.1, 0.15) is 11.4 Å². The number of ether oxygens (including phenoxy) is 1. The van der Waals surface area contributed by atoms with Crippen LogP contribution >= 0.6 is 0 Å². The van der Waals surface area contributed by atoms with Crippen LogP contribution in [-0.2, 0) is 6.42 Å². The highest BCUT2D eigenvalue weighted by atomic mass is 16.5. The van der Waals surface area contributed by atoms with Crippen molar-refractivity contribution in [3.63, 3.8) is 0 Å². The normalized spacial score (nSPS) is 11.4. The maximum Gasteiger partial charge on any atom is 0.245 e. The van der Waals surface area contributed by atoms with Crippen LogP contribution in [0.5, 0.6) is 5.75 Å². The highest BCUT2D eigenvalue weighted by Gasteiger charge is 2.04. The molecule has 0 bridgehead atoms. The molecule has 110 valence electrons. The molecule has 2 rings (SSSR count). The van der Waals surface area contributed by atoms with Crippen LogP contribution in [0.4, 0.5) is 11.4 Å². The third-order valence-corrected chi connectivity index (χ3v) is 3.25. The first-order valence-corrected chi connectivity index (χ1v) is 7.15. The summed E-state index contributed by atoms with van der Waals surface area (Å²) in [5.41, 5.74) is 2.41. The largest absolute Gasteiger partial charge is 0.594 e. The third kappa shape index (κ3) is 4.31. The molecule has 0 amide bonds. The van der Waals surface area contributed by atoms with Crippen molar-refractivity contribution < 1.29 is 9.60 Å². The van der Waals surface area contributed by atoms with Gasteiger partial charge in [-0.2, -0.15) is 0 Å². The molecular weight excluding hydrogens is 264 g/mol. The van der Waals surface area contributed by atoms with E-state index >= 15 is 0 Å². The van der Waals surface area contributed by atoms with Gasteiger partial charge in [0, 0.05) is 17.2 Å². The molecule has 21 heavy (non-hydrogen) atoms. The van der Waals surface area contributed by atoms with Gasteiger partial charge in [-0.1, -0.05) is 30.3 Å². The Kier molecular flexibility index (Phi) is 5.32. The summed E-state index contributed by atoms with van der Waals surface area (Å²) in [7, 11) is 1.59. The molecule has 4 nitrogen and oxygen atoms in total. The van der Waals surface area contributed by atoms with Gasteiger partial charge in [-0.3, -0.25) is 0 Å². The minimum absolute atomic E-state index is 0.478. The molecule has 0 fully saturated rings. The van der Waals surface area contributed by atoms with Gasteiger partial charge < -0.3 is 9.94 Å². The van der Waals surface area contributed by atoms with E-state index in [-0.39, 0.29) is 0 Å². The number of nitrogens with zero attached hydrogens (tertiary/aromatic N) is 2. The maximum absolute atomic E-state index is 12.0. The molecule has 0 saturated carbocycles. The molecule has 0 saturated heterocycles. The van der Waals surface area contributed by atoms with Gasteiger partial charge in [0.25, 0.3) is 0 Å². The van der Waals surface area contributed by atoms with Gasteiger partial charge in [0.2, 0.25) is 5.69 Å². The average molecular weight is 284 g/mol. The second kappa shape index (κ2) is 7.43. The molecule has 0 spiro atoms. The first kappa shape index (κ1) is 15.0. The number of benzene rings is 2. The highest BCUT2D eigenvalue weighted by molar-refractivity contribution is 5.39. The molecule has 0 N–H and O–H groups in total. The van der Waals surface area contributed by atoms with Gasteiger partial charge >= 0.3 is 0 Å². The lowest BCUT2D eigenvalue weighted by Gasteiger charge is -2.02. The van der Waals surface area contributed by atoms with Crippen LogP contribution in [0.1, 0.15) is 25.3 Å². The fourth-order valence-electron chi connectivity index (χ4n) is 1.98. The Bertz CT molecular complexity index is 589. The molecule has 0 aliphatic rings. The summed E-state index contributed by atoms with van der Waals surface area (Å²) in [5, 5.41) is 16.0.